The summed E-state index contributed by atoms with van der Waals surface area (Å²) in [6, 6.07) is 39.6. The Morgan fingerprint density at radius 1 is 0.500 bits per heavy atom. The van der Waals surface area contributed by atoms with Crippen LogP contribution in [0.3, 0.4) is 0 Å². The van der Waals surface area contributed by atoms with E-state index in [1.807, 2.05) is 121 Å². The maximum absolute atomic E-state index is 11.5. The molecule has 0 amide bonds. The maximum Gasteiger partial charge on any atom is 0.187 e. The molecular weight excluding hydrogens is 504 g/mol. The van der Waals surface area contributed by atoms with Crippen LogP contribution in [0, 0.1) is 0 Å². The summed E-state index contributed by atoms with van der Waals surface area (Å²) in [5, 5.41) is 11.5. The molecule has 1 saturated heterocycles. The van der Waals surface area contributed by atoms with Crippen LogP contribution >= 0.6 is 0 Å². The van der Waals surface area contributed by atoms with Crippen LogP contribution in [0.1, 0.15) is 22.3 Å². The van der Waals surface area contributed by atoms with Gasteiger partial charge in [-0.15, -0.1) is 0 Å². The predicted octanol–water partition coefficient (Wildman–Crippen LogP) is 5.68. The number of benzene rings is 4. The minimum absolute atomic E-state index is 0.178. The van der Waals surface area contributed by atoms with Crippen molar-refractivity contribution in [3.05, 3.63) is 144 Å². The summed E-state index contributed by atoms with van der Waals surface area (Å²) in [6.45, 7) is 1.56. The standard InChI is InChI=1S/C34H36O6/c35-31-30(25-36-21-26-13-5-1-6-14-26)40-34(39-24-29-19-11-4-12-20-29)33(38-23-28-17-9-3-10-18-28)32(31)37-22-27-15-7-2-8-16-27/h1-20,30-35H,21-25H2/t30?,31-,32-,33+,34-/m1/s1. The second-order valence-electron chi connectivity index (χ2n) is 9.85. The molecule has 4 aromatic carbocycles. The zero-order chi connectivity index (χ0) is 27.4. The molecule has 4 aromatic rings. The lowest BCUT2D eigenvalue weighted by molar-refractivity contribution is -0.324. The first kappa shape index (κ1) is 28.2. The second kappa shape index (κ2) is 14.9. The predicted molar refractivity (Wildman–Crippen MR) is 152 cm³/mol. The molecule has 0 saturated carbocycles. The van der Waals surface area contributed by atoms with Crippen LogP contribution < -0.4 is 0 Å². The number of aliphatic hydroxyl groups is 1. The van der Waals surface area contributed by atoms with Gasteiger partial charge in [0.25, 0.3) is 0 Å². The molecule has 1 unspecified atom stereocenters. The maximum atomic E-state index is 11.5. The average Bonchev–Trinajstić information content (AvgIpc) is 3.01. The molecule has 6 heteroatoms. The van der Waals surface area contributed by atoms with Gasteiger partial charge in [0.1, 0.15) is 24.4 Å². The summed E-state index contributed by atoms with van der Waals surface area (Å²) in [5.74, 6) is 0. The van der Waals surface area contributed by atoms with Crippen LogP contribution in [0.5, 0.6) is 0 Å². The molecule has 0 aliphatic carbocycles. The Kier molecular flexibility index (Phi) is 10.5. The van der Waals surface area contributed by atoms with Crippen LogP contribution in [-0.2, 0) is 50.1 Å². The van der Waals surface area contributed by atoms with Gasteiger partial charge in [0.2, 0.25) is 0 Å². The second-order valence-corrected chi connectivity index (χ2v) is 9.85. The third-order valence-electron chi connectivity index (χ3n) is 6.84. The minimum atomic E-state index is -0.989. The molecule has 1 fully saturated rings. The summed E-state index contributed by atoms with van der Waals surface area (Å²) in [4.78, 5) is 0. The number of hydrogen-bond donors (Lipinski definition) is 1. The molecule has 0 aromatic heterocycles. The summed E-state index contributed by atoms with van der Waals surface area (Å²) >= 11 is 0. The quantitative estimate of drug-likeness (QED) is 0.236. The highest BCUT2D eigenvalue weighted by Gasteiger charge is 2.47. The van der Waals surface area contributed by atoms with E-state index >= 15 is 0 Å². The molecule has 1 N–H and O–H groups in total. The Labute approximate surface area is 236 Å². The third-order valence-corrected chi connectivity index (χ3v) is 6.84. The molecule has 0 radical (unpaired) electrons. The number of hydrogen-bond acceptors (Lipinski definition) is 6. The highest BCUT2D eigenvalue weighted by atomic mass is 16.7. The first-order chi connectivity index (χ1) is 19.8. The minimum Gasteiger partial charge on any atom is -0.387 e. The van der Waals surface area contributed by atoms with Gasteiger partial charge in [0, 0.05) is 0 Å². The molecule has 0 bridgehead atoms. The SMILES string of the molecule is O[C@@H]1C(COCc2ccccc2)O[C@@H](OCc2ccccc2)[C@@H](OCc2ccccc2)[C@@H]1OCc1ccccc1. The Balaban J connectivity index is 1.34. The van der Waals surface area contributed by atoms with Crippen molar-refractivity contribution >= 4 is 0 Å². The molecular formula is C34H36O6. The Morgan fingerprint density at radius 2 is 0.900 bits per heavy atom. The van der Waals surface area contributed by atoms with Gasteiger partial charge >= 0.3 is 0 Å². The van der Waals surface area contributed by atoms with E-state index in [4.69, 9.17) is 23.7 Å². The number of ether oxygens (including phenoxy) is 5. The molecule has 5 atom stereocenters. The van der Waals surface area contributed by atoms with Gasteiger partial charge in [-0.25, -0.2) is 0 Å². The van der Waals surface area contributed by atoms with Crippen LogP contribution in [0.15, 0.2) is 121 Å². The van der Waals surface area contributed by atoms with Crippen molar-refractivity contribution in [3.63, 3.8) is 0 Å². The highest BCUT2D eigenvalue weighted by molar-refractivity contribution is 5.16. The van der Waals surface area contributed by atoms with E-state index in [1.54, 1.807) is 0 Å². The molecule has 5 rings (SSSR count). The van der Waals surface area contributed by atoms with Crippen LogP contribution in [0.2, 0.25) is 0 Å². The smallest absolute Gasteiger partial charge is 0.187 e. The molecule has 1 aliphatic rings. The Bertz CT molecular complexity index is 1240. The fraction of sp³-hybridized carbons (Fsp3) is 0.294. The fourth-order valence-electron chi connectivity index (χ4n) is 4.68. The van der Waals surface area contributed by atoms with Crippen molar-refractivity contribution in [1.82, 2.24) is 0 Å². The van der Waals surface area contributed by atoms with Crippen LogP contribution in [0.25, 0.3) is 0 Å². The molecule has 0 spiro atoms. The van der Waals surface area contributed by atoms with Gasteiger partial charge < -0.3 is 28.8 Å². The van der Waals surface area contributed by atoms with Gasteiger partial charge in [-0.2, -0.15) is 0 Å². The third kappa shape index (κ3) is 8.08. The Morgan fingerprint density at radius 3 is 1.38 bits per heavy atom. The summed E-state index contributed by atoms with van der Waals surface area (Å²) in [6.07, 6.45) is -3.81. The van der Waals surface area contributed by atoms with Gasteiger partial charge in [0.15, 0.2) is 6.29 Å². The van der Waals surface area contributed by atoms with Gasteiger partial charge in [-0.3, -0.25) is 0 Å². The van der Waals surface area contributed by atoms with Gasteiger partial charge in [-0.1, -0.05) is 121 Å². The summed E-state index contributed by atoms with van der Waals surface area (Å²) in [5.41, 5.74) is 4.07. The molecule has 40 heavy (non-hydrogen) atoms. The van der Waals surface area contributed by atoms with E-state index in [1.165, 1.54) is 0 Å². The van der Waals surface area contributed by atoms with Crippen molar-refractivity contribution in [2.24, 2.45) is 0 Å². The Hall–Kier alpha value is -3.36. The monoisotopic (exact) mass is 540 g/mol. The highest BCUT2D eigenvalue weighted by Crippen LogP contribution is 2.29. The zero-order valence-corrected chi connectivity index (χ0v) is 22.5. The van der Waals surface area contributed by atoms with Crippen molar-refractivity contribution in [2.75, 3.05) is 6.61 Å². The van der Waals surface area contributed by atoms with E-state index < -0.39 is 30.7 Å². The molecule has 1 aliphatic heterocycles. The molecule has 208 valence electrons. The largest absolute Gasteiger partial charge is 0.387 e. The topological polar surface area (TPSA) is 66.4 Å². The first-order valence-corrected chi connectivity index (χ1v) is 13.7. The first-order valence-electron chi connectivity index (χ1n) is 13.7. The van der Waals surface area contributed by atoms with E-state index in [9.17, 15) is 5.11 Å². The lowest BCUT2D eigenvalue weighted by Gasteiger charge is -2.44. The lowest BCUT2D eigenvalue weighted by atomic mass is 9.98. The summed E-state index contributed by atoms with van der Waals surface area (Å²) < 4.78 is 31.4. The van der Waals surface area contributed by atoms with Crippen molar-refractivity contribution in [2.45, 2.75) is 57.1 Å². The summed E-state index contributed by atoms with van der Waals surface area (Å²) in [7, 11) is 0. The lowest BCUT2D eigenvalue weighted by Crippen LogP contribution is -2.61. The van der Waals surface area contributed by atoms with Crippen LogP contribution in [-0.4, -0.2) is 42.4 Å². The van der Waals surface area contributed by atoms with E-state index in [-0.39, 0.29) is 6.61 Å². The molecule has 1 heterocycles. The number of rotatable bonds is 13. The normalized spacial score (nSPS) is 22.7. The van der Waals surface area contributed by atoms with E-state index in [0.29, 0.717) is 26.4 Å². The average molecular weight is 541 g/mol. The fourth-order valence-corrected chi connectivity index (χ4v) is 4.68. The van der Waals surface area contributed by atoms with Crippen LogP contribution in [0.4, 0.5) is 0 Å². The van der Waals surface area contributed by atoms with Gasteiger partial charge in [0.05, 0.1) is 33.0 Å². The number of aliphatic hydroxyl groups excluding tert-OH is 1. The van der Waals surface area contributed by atoms with Crippen molar-refractivity contribution in [3.8, 4) is 0 Å². The zero-order valence-electron chi connectivity index (χ0n) is 22.5. The van der Waals surface area contributed by atoms with Crippen molar-refractivity contribution in [1.29, 1.82) is 0 Å². The van der Waals surface area contributed by atoms with Crippen molar-refractivity contribution < 1.29 is 28.8 Å². The molecule has 6 nitrogen and oxygen atoms in total. The van der Waals surface area contributed by atoms with E-state index in [2.05, 4.69) is 0 Å². The van der Waals surface area contributed by atoms with E-state index in [0.717, 1.165) is 22.3 Å². The van der Waals surface area contributed by atoms with Gasteiger partial charge in [-0.05, 0) is 22.3 Å².